The van der Waals surface area contributed by atoms with Crippen molar-refractivity contribution < 1.29 is 23.5 Å². The van der Waals surface area contributed by atoms with Crippen LogP contribution >= 0.6 is 0 Å². The fourth-order valence-corrected chi connectivity index (χ4v) is 1.62. The number of hydrogen-bond acceptors (Lipinski definition) is 7. The van der Waals surface area contributed by atoms with E-state index in [2.05, 4.69) is 20.3 Å². The summed E-state index contributed by atoms with van der Waals surface area (Å²) in [6, 6.07) is 7.12. The predicted molar refractivity (Wildman–Crippen MR) is 74.8 cm³/mol. The highest BCUT2D eigenvalue weighted by Gasteiger charge is 2.16. The highest BCUT2D eigenvalue weighted by atomic mass is 16.5. The Hall–Kier alpha value is -2.90. The van der Waals surface area contributed by atoms with Gasteiger partial charge < -0.3 is 19.2 Å². The van der Waals surface area contributed by atoms with Crippen LogP contribution in [-0.2, 0) is 20.9 Å². The molecule has 8 nitrogen and oxygen atoms in total. The summed E-state index contributed by atoms with van der Waals surface area (Å²) in [5, 5.41) is 10.0. The largest absolute Gasteiger partial charge is 0.497 e. The highest BCUT2D eigenvalue weighted by Crippen LogP contribution is 2.22. The van der Waals surface area contributed by atoms with E-state index in [1.165, 1.54) is 0 Å². The van der Waals surface area contributed by atoms with Crippen LogP contribution in [0.2, 0.25) is 0 Å². The molecule has 0 aliphatic rings. The number of hydrogen-bond donors (Lipinski definition) is 1. The molecule has 2 rings (SSSR count). The molecule has 8 heteroatoms. The zero-order valence-corrected chi connectivity index (χ0v) is 12.2. The standard InChI is InChI=1S/C14H15N3O5/c1-3-21-14(19)12(18)15-8-11-16-17-13(22-11)9-5-4-6-10(7-9)20-2/h4-7H,3,8H2,1-2H3,(H,15,18). The molecule has 1 N–H and O–H groups in total. The molecule has 0 atom stereocenters. The van der Waals surface area contributed by atoms with E-state index in [1.807, 2.05) is 0 Å². The van der Waals surface area contributed by atoms with Crippen LogP contribution < -0.4 is 10.1 Å². The van der Waals surface area contributed by atoms with Gasteiger partial charge in [-0.2, -0.15) is 0 Å². The van der Waals surface area contributed by atoms with Gasteiger partial charge in [0.25, 0.3) is 0 Å². The molecule has 1 aromatic carbocycles. The van der Waals surface area contributed by atoms with Gasteiger partial charge in [-0.05, 0) is 25.1 Å². The van der Waals surface area contributed by atoms with Gasteiger partial charge >= 0.3 is 11.9 Å². The monoisotopic (exact) mass is 305 g/mol. The van der Waals surface area contributed by atoms with E-state index in [9.17, 15) is 9.59 Å². The molecule has 22 heavy (non-hydrogen) atoms. The van der Waals surface area contributed by atoms with Gasteiger partial charge in [0.2, 0.25) is 11.8 Å². The fraction of sp³-hybridized carbons (Fsp3) is 0.286. The van der Waals surface area contributed by atoms with E-state index >= 15 is 0 Å². The molecule has 1 amide bonds. The fourth-order valence-electron chi connectivity index (χ4n) is 1.62. The first kappa shape index (κ1) is 15.5. The average molecular weight is 305 g/mol. The van der Waals surface area contributed by atoms with Crippen molar-refractivity contribution in [3.8, 4) is 17.2 Å². The molecule has 0 saturated heterocycles. The van der Waals surface area contributed by atoms with Crippen molar-refractivity contribution in [1.82, 2.24) is 15.5 Å². The second kappa shape index (κ2) is 7.21. The first-order valence-electron chi connectivity index (χ1n) is 6.55. The lowest BCUT2D eigenvalue weighted by atomic mass is 10.2. The SMILES string of the molecule is CCOC(=O)C(=O)NCc1nnc(-c2cccc(OC)c2)o1. The lowest BCUT2D eigenvalue weighted by Crippen LogP contribution is -2.32. The van der Waals surface area contributed by atoms with Gasteiger partial charge in [0.1, 0.15) is 5.75 Å². The van der Waals surface area contributed by atoms with Gasteiger partial charge in [-0.3, -0.25) is 4.79 Å². The van der Waals surface area contributed by atoms with Crippen molar-refractivity contribution in [2.24, 2.45) is 0 Å². The summed E-state index contributed by atoms with van der Waals surface area (Å²) in [5.41, 5.74) is 0.690. The molecule has 2 aromatic rings. The number of aromatic nitrogens is 2. The molecule has 0 aliphatic carbocycles. The number of benzene rings is 1. The third-order valence-electron chi connectivity index (χ3n) is 2.64. The van der Waals surface area contributed by atoms with Gasteiger partial charge in [-0.1, -0.05) is 6.07 Å². The van der Waals surface area contributed by atoms with E-state index in [4.69, 9.17) is 9.15 Å². The summed E-state index contributed by atoms with van der Waals surface area (Å²) in [4.78, 5) is 22.5. The number of ether oxygens (including phenoxy) is 2. The molecule has 1 aromatic heterocycles. The van der Waals surface area contributed by atoms with Gasteiger partial charge in [-0.15, -0.1) is 10.2 Å². The number of methoxy groups -OCH3 is 1. The van der Waals surface area contributed by atoms with Crippen LogP contribution in [0.1, 0.15) is 12.8 Å². The Bertz CT molecular complexity index is 668. The molecule has 0 unspecified atom stereocenters. The molecule has 0 aliphatic heterocycles. The lowest BCUT2D eigenvalue weighted by molar-refractivity contribution is -0.154. The van der Waals surface area contributed by atoms with Crippen LogP contribution in [0.25, 0.3) is 11.5 Å². The number of nitrogens with one attached hydrogen (secondary N) is 1. The van der Waals surface area contributed by atoms with Crippen LogP contribution in [0, 0.1) is 0 Å². The summed E-state index contributed by atoms with van der Waals surface area (Å²) in [6.07, 6.45) is 0. The van der Waals surface area contributed by atoms with E-state index in [0.717, 1.165) is 0 Å². The Labute approximate surface area is 126 Å². The second-order valence-corrected chi connectivity index (χ2v) is 4.14. The zero-order chi connectivity index (χ0) is 15.9. The van der Waals surface area contributed by atoms with Crippen molar-refractivity contribution >= 4 is 11.9 Å². The first-order valence-corrected chi connectivity index (χ1v) is 6.55. The van der Waals surface area contributed by atoms with Crippen molar-refractivity contribution in [1.29, 1.82) is 0 Å². The maximum atomic E-state index is 11.4. The summed E-state index contributed by atoms with van der Waals surface area (Å²) < 4.78 is 15.1. The van der Waals surface area contributed by atoms with Gasteiger partial charge in [-0.25, -0.2) is 4.79 Å². The quantitative estimate of drug-likeness (QED) is 0.647. The van der Waals surface area contributed by atoms with Crippen LogP contribution in [0.3, 0.4) is 0 Å². The smallest absolute Gasteiger partial charge is 0.396 e. The summed E-state index contributed by atoms with van der Waals surface area (Å²) in [6.45, 7) is 1.69. The summed E-state index contributed by atoms with van der Waals surface area (Å²) in [7, 11) is 1.56. The molecule has 1 heterocycles. The third kappa shape index (κ3) is 3.81. The number of carbonyl (C=O) groups is 2. The Morgan fingerprint density at radius 1 is 1.32 bits per heavy atom. The molecule has 0 spiro atoms. The van der Waals surface area contributed by atoms with Crippen molar-refractivity contribution in [2.45, 2.75) is 13.5 Å². The van der Waals surface area contributed by atoms with Crippen molar-refractivity contribution in [3.05, 3.63) is 30.2 Å². The molecule has 0 radical (unpaired) electrons. The van der Waals surface area contributed by atoms with Crippen LogP contribution in [0.4, 0.5) is 0 Å². The Kier molecular flexibility index (Phi) is 5.07. The molecule has 0 fully saturated rings. The molecule has 116 valence electrons. The Morgan fingerprint density at radius 3 is 2.86 bits per heavy atom. The maximum Gasteiger partial charge on any atom is 0.396 e. The number of esters is 1. The number of rotatable bonds is 5. The minimum absolute atomic E-state index is 0.0609. The first-order chi connectivity index (χ1) is 10.6. The molecular weight excluding hydrogens is 290 g/mol. The molecule has 0 bridgehead atoms. The van der Waals surface area contributed by atoms with Gasteiger partial charge in [0, 0.05) is 5.56 Å². The van der Waals surface area contributed by atoms with Crippen LogP contribution in [-0.4, -0.2) is 35.8 Å². The average Bonchev–Trinajstić information content (AvgIpc) is 3.02. The predicted octanol–water partition coefficient (Wildman–Crippen LogP) is 0.924. The second-order valence-electron chi connectivity index (χ2n) is 4.14. The van der Waals surface area contributed by atoms with Crippen LogP contribution in [0.5, 0.6) is 5.75 Å². The van der Waals surface area contributed by atoms with E-state index in [0.29, 0.717) is 17.2 Å². The Morgan fingerprint density at radius 2 is 2.14 bits per heavy atom. The topological polar surface area (TPSA) is 104 Å². The van der Waals surface area contributed by atoms with Crippen molar-refractivity contribution in [2.75, 3.05) is 13.7 Å². The Balaban J connectivity index is 1.99. The summed E-state index contributed by atoms with van der Waals surface area (Å²) in [5.74, 6) is -0.680. The van der Waals surface area contributed by atoms with Crippen LogP contribution in [0.15, 0.2) is 28.7 Å². The normalized spacial score (nSPS) is 10.1. The number of nitrogens with zero attached hydrogens (tertiary/aromatic N) is 2. The number of amides is 1. The maximum absolute atomic E-state index is 11.4. The van der Waals surface area contributed by atoms with Crippen molar-refractivity contribution in [3.63, 3.8) is 0 Å². The number of carbonyl (C=O) groups excluding carboxylic acids is 2. The zero-order valence-electron chi connectivity index (χ0n) is 12.2. The minimum Gasteiger partial charge on any atom is -0.497 e. The lowest BCUT2D eigenvalue weighted by Gasteiger charge is -2.01. The van der Waals surface area contributed by atoms with E-state index < -0.39 is 11.9 Å². The summed E-state index contributed by atoms with van der Waals surface area (Å²) >= 11 is 0. The van der Waals surface area contributed by atoms with Gasteiger partial charge in [0.05, 0.1) is 20.3 Å². The van der Waals surface area contributed by atoms with E-state index in [-0.39, 0.29) is 19.0 Å². The third-order valence-corrected chi connectivity index (χ3v) is 2.64. The van der Waals surface area contributed by atoms with E-state index in [1.54, 1.807) is 38.3 Å². The van der Waals surface area contributed by atoms with Gasteiger partial charge in [0.15, 0.2) is 0 Å². The molecule has 0 saturated carbocycles. The highest BCUT2D eigenvalue weighted by molar-refractivity contribution is 6.32. The minimum atomic E-state index is -0.949. The molecular formula is C14H15N3O5.